The second kappa shape index (κ2) is 16.5. The zero-order valence-electron chi connectivity index (χ0n) is 12.5. The molecular weight excluding hydrogens is 220 g/mol. The first-order valence-electron chi connectivity index (χ1n) is 8.18. The summed E-state index contributed by atoms with van der Waals surface area (Å²) in [5.41, 5.74) is 0. The Labute approximate surface area is 115 Å². The third-order valence-corrected chi connectivity index (χ3v) is 3.57. The molecule has 1 radical (unpaired) electrons. The summed E-state index contributed by atoms with van der Waals surface area (Å²) in [5.74, 6) is 0. The molecule has 0 saturated carbocycles. The standard InChI is InChI=1S/C17H33O/c1-2-3-4-5-6-7-8-9-10-11-12-13-14-15-16-17-18/h16-17H,2-15H2,1H3/b17-16+. The normalized spacial score (nSPS) is 11.4. The largest absolute Gasteiger partial charge is 0.299 e. The molecule has 0 amide bonds. The van der Waals surface area contributed by atoms with Crippen molar-refractivity contribution >= 4 is 0 Å². The van der Waals surface area contributed by atoms with E-state index in [1.807, 2.05) is 0 Å². The van der Waals surface area contributed by atoms with Gasteiger partial charge < -0.3 is 0 Å². The van der Waals surface area contributed by atoms with E-state index in [0.29, 0.717) is 0 Å². The van der Waals surface area contributed by atoms with Gasteiger partial charge in [-0.1, -0.05) is 84.0 Å². The Bertz CT molecular complexity index is 163. The Morgan fingerprint density at radius 3 is 1.39 bits per heavy atom. The summed E-state index contributed by atoms with van der Waals surface area (Å²) in [4.78, 5) is 0. The van der Waals surface area contributed by atoms with Crippen LogP contribution in [-0.4, -0.2) is 0 Å². The summed E-state index contributed by atoms with van der Waals surface area (Å²) < 4.78 is 0. The van der Waals surface area contributed by atoms with Crippen molar-refractivity contribution in [1.82, 2.24) is 0 Å². The Hall–Kier alpha value is -0.460. The average molecular weight is 253 g/mol. The minimum Gasteiger partial charge on any atom is -0.299 e. The van der Waals surface area contributed by atoms with E-state index in [9.17, 15) is 5.11 Å². The van der Waals surface area contributed by atoms with Crippen LogP contribution in [0, 0.1) is 0 Å². The molecule has 0 aliphatic carbocycles. The molecule has 18 heavy (non-hydrogen) atoms. The Morgan fingerprint density at radius 1 is 0.611 bits per heavy atom. The first kappa shape index (κ1) is 17.5. The average Bonchev–Trinajstić information content (AvgIpc) is 2.39. The maximum atomic E-state index is 10.1. The highest BCUT2D eigenvalue weighted by Crippen LogP contribution is 2.12. The number of unbranched alkanes of at least 4 members (excludes halogenated alkanes) is 13. The maximum Gasteiger partial charge on any atom is 0.138 e. The van der Waals surface area contributed by atoms with Crippen LogP contribution >= 0.6 is 0 Å². The van der Waals surface area contributed by atoms with Crippen molar-refractivity contribution in [2.75, 3.05) is 0 Å². The highest BCUT2D eigenvalue weighted by molar-refractivity contribution is 4.70. The fourth-order valence-corrected chi connectivity index (χ4v) is 2.35. The highest BCUT2D eigenvalue weighted by Gasteiger charge is 1.93. The molecule has 0 fully saturated rings. The van der Waals surface area contributed by atoms with Gasteiger partial charge in [-0.2, -0.15) is 0 Å². The van der Waals surface area contributed by atoms with Crippen LogP contribution in [0.3, 0.4) is 0 Å². The Morgan fingerprint density at radius 2 is 1.00 bits per heavy atom. The van der Waals surface area contributed by atoms with E-state index >= 15 is 0 Å². The van der Waals surface area contributed by atoms with Crippen molar-refractivity contribution in [2.24, 2.45) is 0 Å². The van der Waals surface area contributed by atoms with E-state index in [0.717, 1.165) is 12.7 Å². The third kappa shape index (κ3) is 15.5. The van der Waals surface area contributed by atoms with E-state index in [2.05, 4.69) is 6.92 Å². The van der Waals surface area contributed by atoms with Crippen molar-refractivity contribution in [2.45, 2.75) is 96.8 Å². The zero-order valence-corrected chi connectivity index (χ0v) is 12.5. The highest BCUT2D eigenvalue weighted by atomic mass is 16.2. The molecule has 0 aromatic carbocycles. The molecule has 1 nitrogen and oxygen atoms in total. The molecular formula is C17H33O. The van der Waals surface area contributed by atoms with E-state index in [1.54, 1.807) is 6.08 Å². The summed E-state index contributed by atoms with van der Waals surface area (Å²) in [6.07, 6.45) is 21.7. The van der Waals surface area contributed by atoms with Crippen LogP contribution in [-0.2, 0) is 5.11 Å². The predicted molar refractivity (Wildman–Crippen MR) is 80.1 cm³/mol. The van der Waals surface area contributed by atoms with Crippen LogP contribution in [0.15, 0.2) is 12.3 Å². The smallest absolute Gasteiger partial charge is 0.138 e. The molecule has 0 aliphatic rings. The lowest BCUT2D eigenvalue weighted by molar-refractivity contribution is 0.349. The van der Waals surface area contributed by atoms with Crippen LogP contribution in [0.1, 0.15) is 96.8 Å². The van der Waals surface area contributed by atoms with Crippen molar-refractivity contribution in [3.05, 3.63) is 12.3 Å². The van der Waals surface area contributed by atoms with Gasteiger partial charge in [0.2, 0.25) is 0 Å². The number of hydrogen-bond acceptors (Lipinski definition) is 0. The van der Waals surface area contributed by atoms with Crippen molar-refractivity contribution in [3.8, 4) is 0 Å². The Balaban J connectivity index is 2.90. The second-order valence-electron chi connectivity index (χ2n) is 5.40. The third-order valence-electron chi connectivity index (χ3n) is 3.57. The van der Waals surface area contributed by atoms with Gasteiger partial charge in [0.1, 0.15) is 6.26 Å². The Kier molecular flexibility index (Phi) is 16.1. The number of hydrogen-bond donors (Lipinski definition) is 0. The fourth-order valence-electron chi connectivity index (χ4n) is 2.35. The van der Waals surface area contributed by atoms with Gasteiger partial charge in [0.05, 0.1) is 0 Å². The molecule has 0 unspecified atom stereocenters. The second-order valence-corrected chi connectivity index (χ2v) is 5.40. The molecule has 107 valence electrons. The minimum absolute atomic E-state index is 0.917. The van der Waals surface area contributed by atoms with Crippen LogP contribution in [0.2, 0.25) is 0 Å². The topological polar surface area (TPSA) is 19.9 Å². The zero-order chi connectivity index (χ0) is 13.3. The van der Waals surface area contributed by atoms with Crippen molar-refractivity contribution in [1.29, 1.82) is 0 Å². The van der Waals surface area contributed by atoms with E-state index in [-0.39, 0.29) is 0 Å². The van der Waals surface area contributed by atoms with Gasteiger partial charge in [-0.05, 0) is 18.9 Å². The van der Waals surface area contributed by atoms with Gasteiger partial charge in [-0.25, -0.2) is 0 Å². The van der Waals surface area contributed by atoms with Gasteiger partial charge in [0, 0.05) is 0 Å². The predicted octanol–water partition coefficient (Wildman–Crippen LogP) is 6.41. The van der Waals surface area contributed by atoms with Crippen LogP contribution in [0.4, 0.5) is 0 Å². The molecule has 0 heterocycles. The molecule has 0 spiro atoms. The molecule has 0 atom stereocenters. The first-order valence-corrected chi connectivity index (χ1v) is 8.18. The van der Waals surface area contributed by atoms with Gasteiger partial charge in [0.15, 0.2) is 0 Å². The summed E-state index contributed by atoms with van der Waals surface area (Å²) in [6.45, 7) is 2.27. The molecule has 0 aromatic rings. The summed E-state index contributed by atoms with van der Waals surface area (Å²) in [6, 6.07) is 0. The lowest BCUT2D eigenvalue weighted by Gasteiger charge is -2.02. The number of allylic oxidation sites excluding steroid dienone is 1. The van der Waals surface area contributed by atoms with E-state index in [1.165, 1.54) is 83.5 Å². The SMILES string of the molecule is CCCCCCCCCCCCCCC/C=C/[O]. The van der Waals surface area contributed by atoms with Gasteiger partial charge in [-0.15, -0.1) is 0 Å². The van der Waals surface area contributed by atoms with E-state index < -0.39 is 0 Å². The molecule has 0 aromatic heterocycles. The van der Waals surface area contributed by atoms with E-state index in [4.69, 9.17) is 0 Å². The summed E-state index contributed by atoms with van der Waals surface area (Å²) in [7, 11) is 0. The lowest BCUT2D eigenvalue weighted by Crippen LogP contribution is -1.82. The summed E-state index contributed by atoms with van der Waals surface area (Å²) in [5, 5.41) is 10.1. The fraction of sp³-hybridized carbons (Fsp3) is 0.882. The van der Waals surface area contributed by atoms with Crippen LogP contribution < -0.4 is 0 Å². The minimum atomic E-state index is 0.917. The molecule has 0 rings (SSSR count). The number of rotatable bonds is 14. The van der Waals surface area contributed by atoms with Gasteiger partial charge in [0.25, 0.3) is 0 Å². The molecule has 0 aliphatic heterocycles. The first-order chi connectivity index (χ1) is 8.91. The molecule has 0 N–H and O–H groups in total. The van der Waals surface area contributed by atoms with Gasteiger partial charge >= 0.3 is 0 Å². The van der Waals surface area contributed by atoms with Crippen molar-refractivity contribution in [3.63, 3.8) is 0 Å². The van der Waals surface area contributed by atoms with Crippen LogP contribution in [0.5, 0.6) is 0 Å². The van der Waals surface area contributed by atoms with Gasteiger partial charge in [-0.3, -0.25) is 5.11 Å². The quantitative estimate of drug-likeness (QED) is 0.252. The molecule has 0 saturated heterocycles. The molecule has 0 bridgehead atoms. The lowest BCUT2D eigenvalue weighted by atomic mass is 10.0. The molecule has 1 heteroatoms. The van der Waals surface area contributed by atoms with Crippen LogP contribution in [0.25, 0.3) is 0 Å². The summed E-state index contributed by atoms with van der Waals surface area (Å²) >= 11 is 0. The maximum absolute atomic E-state index is 10.1. The van der Waals surface area contributed by atoms with Crippen molar-refractivity contribution < 1.29 is 5.11 Å². The monoisotopic (exact) mass is 253 g/mol.